The number of alkyl halides is 3. The molecule has 0 spiro atoms. The highest BCUT2D eigenvalue weighted by atomic mass is 19.4. The first kappa shape index (κ1) is 29.6. The van der Waals surface area contributed by atoms with Crippen LogP contribution in [0.2, 0.25) is 0 Å². The Hall–Kier alpha value is -3.97. The fourth-order valence-electron chi connectivity index (χ4n) is 4.16. The van der Waals surface area contributed by atoms with E-state index < -0.39 is 11.9 Å². The number of amides is 1. The van der Waals surface area contributed by atoms with Crippen molar-refractivity contribution in [2.75, 3.05) is 18.9 Å². The molecule has 0 heterocycles. The summed E-state index contributed by atoms with van der Waals surface area (Å²) in [5.41, 5.74) is 7.71. The lowest BCUT2D eigenvalue weighted by Gasteiger charge is -2.10. The van der Waals surface area contributed by atoms with Crippen molar-refractivity contribution in [2.24, 2.45) is 10.7 Å². The van der Waals surface area contributed by atoms with Crippen LogP contribution in [-0.4, -0.2) is 31.4 Å². The summed E-state index contributed by atoms with van der Waals surface area (Å²) >= 11 is 0. The second-order valence-electron chi connectivity index (χ2n) is 9.34. The molecule has 39 heavy (non-hydrogen) atoms. The number of benzene rings is 4. The van der Waals surface area contributed by atoms with Crippen molar-refractivity contribution in [3.8, 4) is 0 Å². The van der Waals surface area contributed by atoms with Gasteiger partial charge in [-0.2, -0.15) is 13.2 Å². The first-order valence-electron chi connectivity index (χ1n) is 12.8. The van der Waals surface area contributed by atoms with Crippen molar-refractivity contribution in [2.45, 2.75) is 39.3 Å². The van der Waals surface area contributed by atoms with Gasteiger partial charge < -0.3 is 11.1 Å². The van der Waals surface area contributed by atoms with Crippen molar-refractivity contribution in [3.63, 3.8) is 0 Å². The van der Waals surface area contributed by atoms with Crippen LogP contribution in [0.3, 0.4) is 0 Å². The topological polar surface area (TPSA) is 67.5 Å². The third-order valence-corrected chi connectivity index (χ3v) is 6.65. The van der Waals surface area contributed by atoms with Gasteiger partial charge in [0.1, 0.15) is 5.71 Å². The third kappa shape index (κ3) is 7.77. The van der Waals surface area contributed by atoms with Crippen LogP contribution >= 0.6 is 0 Å². The standard InChI is InChI=1S/C20H16F3N.C12H18N2O/c1-13(11-19(24-2)20(21,22)23)15-9-10-18-16(12-15)8-7-14-5-3-4-6-17(14)18;1-3-9(2)10-4-6-11(7-5-10)14-12(15)8-13/h3-12H,1-2H3;4-7,9H,3,8,13H2,1-2H3,(H,14,15)/b13-11+,24-19?;. The quantitative estimate of drug-likeness (QED) is 0.194. The van der Waals surface area contributed by atoms with Crippen LogP contribution in [0.1, 0.15) is 44.2 Å². The van der Waals surface area contributed by atoms with Crippen LogP contribution in [0, 0.1) is 0 Å². The molecule has 0 fully saturated rings. The molecule has 4 rings (SSSR count). The predicted molar refractivity (Wildman–Crippen MR) is 157 cm³/mol. The van der Waals surface area contributed by atoms with E-state index in [1.807, 2.05) is 78.9 Å². The number of hydrogen-bond acceptors (Lipinski definition) is 3. The first-order chi connectivity index (χ1) is 18.6. The third-order valence-electron chi connectivity index (χ3n) is 6.65. The fraction of sp³-hybridized carbons (Fsp3) is 0.250. The van der Waals surface area contributed by atoms with Crippen LogP contribution in [0.15, 0.2) is 89.9 Å². The summed E-state index contributed by atoms with van der Waals surface area (Å²) in [6.07, 6.45) is -2.24. The van der Waals surface area contributed by atoms with Gasteiger partial charge in [-0.1, -0.05) is 74.5 Å². The molecule has 4 nitrogen and oxygen atoms in total. The molecule has 0 radical (unpaired) electrons. The van der Waals surface area contributed by atoms with E-state index in [2.05, 4.69) is 24.2 Å². The highest BCUT2D eigenvalue weighted by Crippen LogP contribution is 2.29. The van der Waals surface area contributed by atoms with Crippen molar-refractivity contribution >= 4 is 44.4 Å². The number of nitrogens with two attached hydrogens (primary N) is 1. The van der Waals surface area contributed by atoms with E-state index in [1.165, 1.54) is 5.56 Å². The number of rotatable bonds is 6. The van der Waals surface area contributed by atoms with Crippen molar-refractivity contribution < 1.29 is 18.0 Å². The van der Waals surface area contributed by atoms with Gasteiger partial charge in [-0.3, -0.25) is 9.79 Å². The van der Waals surface area contributed by atoms with E-state index >= 15 is 0 Å². The van der Waals surface area contributed by atoms with E-state index in [0.29, 0.717) is 11.5 Å². The maximum Gasteiger partial charge on any atom is 0.432 e. The molecule has 0 aromatic heterocycles. The summed E-state index contributed by atoms with van der Waals surface area (Å²) in [6, 6.07) is 25.7. The minimum atomic E-state index is -4.44. The molecule has 0 saturated heterocycles. The second kappa shape index (κ2) is 13.2. The van der Waals surface area contributed by atoms with Gasteiger partial charge in [0.15, 0.2) is 0 Å². The molecule has 3 N–H and O–H groups in total. The molecule has 0 aliphatic heterocycles. The summed E-state index contributed by atoms with van der Waals surface area (Å²) in [7, 11) is 1.15. The van der Waals surface area contributed by atoms with Crippen LogP contribution in [0.4, 0.5) is 18.9 Å². The number of anilines is 1. The molecule has 204 valence electrons. The van der Waals surface area contributed by atoms with E-state index in [0.717, 1.165) is 52.3 Å². The average Bonchev–Trinajstić information content (AvgIpc) is 2.94. The SMILES string of the molecule is CCC(C)c1ccc(NC(=O)CN)cc1.CN=C(/C=C(\C)c1ccc2c(ccc3ccccc32)c1)C(F)(F)F. The Kier molecular flexibility index (Phi) is 10.0. The minimum Gasteiger partial charge on any atom is -0.325 e. The molecule has 0 saturated carbocycles. The number of allylic oxidation sites excluding steroid dienone is 2. The number of carbonyl (C=O) groups is 1. The molecule has 7 heteroatoms. The first-order valence-corrected chi connectivity index (χ1v) is 12.8. The Morgan fingerprint density at radius 1 is 0.974 bits per heavy atom. The van der Waals surface area contributed by atoms with Crippen molar-refractivity contribution in [3.05, 3.63) is 96.1 Å². The van der Waals surface area contributed by atoms with Gasteiger partial charge in [0.25, 0.3) is 0 Å². The Balaban J connectivity index is 0.000000242. The van der Waals surface area contributed by atoms with E-state index in [1.54, 1.807) is 6.92 Å². The Labute approximate surface area is 227 Å². The van der Waals surface area contributed by atoms with E-state index in [9.17, 15) is 18.0 Å². The van der Waals surface area contributed by atoms with Gasteiger partial charge in [-0.05, 0) is 81.8 Å². The lowest BCUT2D eigenvalue weighted by Crippen LogP contribution is -2.21. The smallest absolute Gasteiger partial charge is 0.325 e. The maximum absolute atomic E-state index is 12.8. The largest absolute Gasteiger partial charge is 0.432 e. The average molecular weight is 534 g/mol. The van der Waals surface area contributed by atoms with E-state index in [-0.39, 0.29) is 12.5 Å². The summed E-state index contributed by atoms with van der Waals surface area (Å²) in [6.45, 7) is 6.04. The van der Waals surface area contributed by atoms with Gasteiger partial charge in [-0.25, -0.2) is 0 Å². The zero-order chi connectivity index (χ0) is 28.6. The fourth-order valence-corrected chi connectivity index (χ4v) is 4.16. The lowest BCUT2D eigenvalue weighted by molar-refractivity contribution is -0.114. The Morgan fingerprint density at radius 2 is 1.62 bits per heavy atom. The van der Waals surface area contributed by atoms with Crippen molar-refractivity contribution in [1.29, 1.82) is 0 Å². The molecule has 0 aliphatic rings. The highest BCUT2D eigenvalue weighted by Gasteiger charge is 2.33. The highest BCUT2D eigenvalue weighted by molar-refractivity contribution is 6.09. The Morgan fingerprint density at radius 3 is 2.23 bits per heavy atom. The number of nitrogens with one attached hydrogen (secondary N) is 1. The lowest BCUT2D eigenvalue weighted by atomic mass is 9.97. The molecule has 1 atom stereocenters. The minimum absolute atomic E-state index is 0.0209. The summed E-state index contributed by atoms with van der Waals surface area (Å²) in [4.78, 5) is 14.4. The van der Waals surface area contributed by atoms with Crippen LogP contribution in [-0.2, 0) is 4.79 Å². The number of carbonyl (C=O) groups excluding carboxylic acids is 1. The molecular formula is C32H34F3N3O. The van der Waals surface area contributed by atoms with Gasteiger partial charge in [0.2, 0.25) is 5.91 Å². The molecule has 1 unspecified atom stereocenters. The van der Waals surface area contributed by atoms with Crippen molar-refractivity contribution in [1.82, 2.24) is 0 Å². The summed E-state index contributed by atoms with van der Waals surface area (Å²) in [5, 5.41) is 7.08. The monoisotopic (exact) mass is 533 g/mol. The van der Waals surface area contributed by atoms with Gasteiger partial charge >= 0.3 is 6.18 Å². The number of aliphatic imine (C=N–C) groups is 1. The van der Waals surface area contributed by atoms with Crippen LogP contribution in [0.25, 0.3) is 27.1 Å². The number of halogens is 3. The molecule has 4 aromatic carbocycles. The van der Waals surface area contributed by atoms with Crippen LogP contribution in [0.5, 0.6) is 0 Å². The van der Waals surface area contributed by atoms with E-state index in [4.69, 9.17) is 5.73 Å². The normalized spacial score (nSPS) is 13.1. The zero-order valence-corrected chi connectivity index (χ0v) is 22.6. The molecule has 0 bridgehead atoms. The van der Waals surface area contributed by atoms with Gasteiger partial charge in [0.05, 0.1) is 6.54 Å². The zero-order valence-electron chi connectivity index (χ0n) is 22.6. The molecule has 4 aromatic rings. The summed E-state index contributed by atoms with van der Waals surface area (Å²) in [5.74, 6) is 0.399. The van der Waals surface area contributed by atoms with Gasteiger partial charge in [0, 0.05) is 12.7 Å². The number of nitrogens with zero attached hydrogens (tertiary/aromatic N) is 1. The molecule has 1 amide bonds. The molecule has 0 aliphatic carbocycles. The van der Waals surface area contributed by atoms with Crippen LogP contribution < -0.4 is 11.1 Å². The molecular weight excluding hydrogens is 499 g/mol. The summed E-state index contributed by atoms with van der Waals surface area (Å²) < 4.78 is 38.5. The predicted octanol–water partition coefficient (Wildman–Crippen LogP) is 8.13. The number of fused-ring (bicyclic) bond motifs is 3. The maximum atomic E-state index is 12.8. The Bertz CT molecular complexity index is 1490. The number of hydrogen-bond donors (Lipinski definition) is 2. The second-order valence-corrected chi connectivity index (χ2v) is 9.34. The van der Waals surface area contributed by atoms with Gasteiger partial charge in [-0.15, -0.1) is 0 Å².